The van der Waals surface area contributed by atoms with Crippen LogP contribution in [0, 0.1) is 0 Å². The molecule has 0 aromatic rings. The summed E-state index contributed by atoms with van der Waals surface area (Å²) in [5, 5.41) is 0. The van der Waals surface area contributed by atoms with Crippen LogP contribution in [0.4, 0.5) is 0 Å². The molecule has 0 aromatic heterocycles. The highest BCUT2D eigenvalue weighted by atomic mass is 16.5. The lowest BCUT2D eigenvalue weighted by atomic mass is 10.3. The molecular weight excluding hydrogens is 230 g/mol. The van der Waals surface area contributed by atoms with Crippen molar-refractivity contribution in [1.29, 1.82) is 0 Å². The lowest BCUT2D eigenvalue weighted by molar-refractivity contribution is 0.196. The summed E-state index contributed by atoms with van der Waals surface area (Å²) in [7, 11) is 3.86. The fourth-order valence-corrected chi connectivity index (χ4v) is 2.30. The smallest absolute Gasteiger partial charge is 0.208 e. The largest absolute Gasteiger partial charge is 0.385 e. The summed E-state index contributed by atoms with van der Waals surface area (Å²) in [6, 6.07) is 0.426. The number of methoxy groups -OCH3 is 1. The highest BCUT2D eigenvalue weighted by Gasteiger charge is 2.21. The molecule has 0 bridgehead atoms. The molecule has 0 aliphatic carbocycles. The van der Waals surface area contributed by atoms with Gasteiger partial charge in [0, 0.05) is 39.4 Å². The van der Waals surface area contributed by atoms with Crippen molar-refractivity contribution in [2.75, 3.05) is 46.9 Å². The number of rotatable bonds is 4. The van der Waals surface area contributed by atoms with Gasteiger partial charge in [-0.05, 0) is 33.4 Å². The van der Waals surface area contributed by atoms with E-state index in [0.29, 0.717) is 6.04 Å². The van der Waals surface area contributed by atoms with Gasteiger partial charge in [-0.15, -0.1) is 0 Å². The van der Waals surface area contributed by atoms with Crippen LogP contribution < -0.4 is 11.3 Å². The molecule has 0 amide bonds. The molecule has 18 heavy (non-hydrogen) atoms. The fourth-order valence-electron chi connectivity index (χ4n) is 2.30. The predicted molar refractivity (Wildman–Crippen MR) is 74.4 cm³/mol. The number of hydrazine groups is 1. The normalized spacial score (nSPS) is 23.0. The van der Waals surface area contributed by atoms with Crippen molar-refractivity contribution in [1.82, 2.24) is 15.2 Å². The van der Waals surface area contributed by atoms with Crippen LogP contribution in [0.3, 0.4) is 0 Å². The Labute approximate surface area is 110 Å². The zero-order valence-electron chi connectivity index (χ0n) is 11.9. The summed E-state index contributed by atoms with van der Waals surface area (Å²) in [5.41, 5.74) is 2.74. The zero-order valence-corrected chi connectivity index (χ0v) is 11.9. The predicted octanol–water partition coefficient (Wildman–Crippen LogP) is -0.132. The minimum Gasteiger partial charge on any atom is -0.385 e. The Hall–Kier alpha value is -0.850. The summed E-state index contributed by atoms with van der Waals surface area (Å²) in [4.78, 5) is 9.14. The number of ether oxygens (including phenoxy) is 1. The van der Waals surface area contributed by atoms with Gasteiger partial charge in [-0.3, -0.25) is 10.4 Å². The van der Waals surface area contributed by atoms with Crippen molar-refractivity contribution >= 4 is 5.96 Å². The Morgan fingerprint density at radius 2 is 2.28 bits per heavy atom. The summed E-state index contributed by atoms with van der Waals surface area (Å²) in [6.45, 7) is 6.86. The van der Waals surface area contributed by atoms with E-state index < -0.39 is 0 Å². The van der Waals surface area contributed by atoms with E-state index in [1.54, 1.807) is 7.11 Å². The third-order valence-corrected chi connectivity index (χ3v) is 3.22. The van der Waals surface area contributed by atoms with Crippen molar-refractivity contribution in [2.45, 2.75) is 25.8 Å². The first-order valence-electron chi connectivity index (χ1n) is 6.64. The first-order valence-corrected chi connectivity index (χ1v) is 6.64. The van der Waals surface area contributed by atoms with Gasteiger partial charge in [0.05, 0.1) is 0 Å². The van der Waals surface area contributed by atoms with Gasteiger partial charge in [0.25, 0.3) is 0 Å². The Morgan fingerprint density at radius 1 is 1.50 bits per heavy atom. The molecule has 1 aliphatic rings. The molecule has 1 heterocycles. The van der Waals surface area contributed by atoms with E-state index in [-0.39, 0.29) is 0 Å². The molecular formula is C12H27N5O. The molecule has 0 spiro atoms. The first kappa shape index (κ1) is 15.2. The Bertz CT molecular complexity index is 259. The molecule has 0 radical (unpaired) electrons. The number of hydrogen-bond donors (Lipinski definition) is 2. The maximum atomic E-state index is 5.60. The molecule has 1 atom stereocenters. The van der Waals surface area contributed by atoms with E-state index in [2.05, 4.69) is 34.2 Å². The lowest BCUT2D eigenvalue weighted by Gasteiger charge is -2.30. The third kappa shape index (κ3) is 4.80. The molecule has 1 rings (SSSR count). The minimum atomic E-state index is 0.426. The van der Waals surface area contributed by atoms with Crippen molar-refractivity contribution in [3.05, 3.63) is 0 Å². The molecule has 1 unspecified atom stereocenters. The molecule has 6 heteroatoms. The third-order valence-electron chi connectivity index (χ3n) is 3.22. The quantitative estimate of drug-likeness (QED) is 0.241. The molecule has 1 aliphatic heterocycles. The number of nitrogens with one attached hydrogen (secondary N) is 1. The molecule has 1 saturated heterocycles. The van der Waals surface area contributed by atoms with Crippen LogP contribution in [-0.2, 0) is 4.74 Å². The summed E-state index contributed by atoms with van der Waals surface area (Å²) < 4.78 is 5.02. The second-order valence-electron chi connectivity index (χ2n) is 4.85. The van der Waals surface area contributed by atoms with Crippen molar-refractivity contribution < 1.29 is 4.74 Å². The maximum Gasteiger partial charge on any atom is 0.208 e. The lowest BCUT2D eigenvalue weighted by Crippen LogP contribution is -2.50. The number of hydrogen-bond acceptors (Lipinski definition) is 4. The van der Waals surface area contributed by atoms with E-state index >= 15 is 0 Å². The van der Waals surface area contributed by atoms with E-state index in [9.17, 15) is 0 Å². The summed E-state index contributed by atoms with van der Waals surface area (Å²) in [6.07, 6.45) is 2.06. The minimum absolute atomic E-state index is 0.426. The van der Waals surface area contributed by atoms with Gasteiger partial charge in [-0.1, -0.05) is 0 Å². The van der Waals surface area contributed by atoms with Gasteiger partial charge in [0.1, 0.15) is 0 Å². The number of aliphatic imine (C=N–C) groups is 1. The van der Waals surface area contributed by atoms with E-state index in [1.807, 2.05) is 0 Å². The topological polar surface area (TPSA) is 66.1 Å². The van der Waals surface area contributed by atoms with Crippen LogP contribution >= 0.6 is 0 Å². The van der Waals surface area contributed by atoms with Crippen molar-refractivity contribution in [3.8, 4) is 0 Å². The van der Waals surface area contributed by atoms with Gasteiger partial charge in [0.15, 0.2) is 0 Å². The van der Waals surface area contributed by atoms with Gasteiger partial charge >= 0.3 is 0 Å². The summed E-state index contributed by atoms with van der Waals surface area (Å²) in [5.74, 6) is 6.40. The molecule has 0 aromatic carbocycles. The Morgan fingerprint density at radius 3 is 2.94 bits per heavy atom. The fraction of sp³-hybridized carbons (Fsp3) is 0.917. The molecule has 106 valence electrons. The second-order valence-corrected chi connectivity index (χ2v) is 4.85. The number of nitrogens with zero attached hydrogens (tertiary/aromatic N) is 3. The van der Waals surface area contributed by atoms with Crippen LogP contribution in [0.1, 0.15) is 19.8 Å². The molecule has 3 N–H and O–H groups in total. The Balaban J connectivity index is 2.56. The van der Waals surface area contributed by atoms with E-state index in [4.69, 9.17) is 10.6 Å². The van der Waals surface area contributed by atoms with Gasteiger partial charge in [-0.2, -0.15) is 0 Å². The van der Waals surface area contributed by atoms with Crippen molar-refractivity contribution in [2.24, 2.45) is 10.8 Å². The number of nitrogens with two attached hydrogens (primary N) is 1. The Kier molecular flexibility index (Phi) is 7.00. The van der Waals surface area contributed by atoms with Crippen LogP contribution in [0.5, 0.6) is 0 Å². The molecule has 1 fully saturated rings. The highest BCUT2D eigenvalue weighted by molar-refractivity contribution is 5.79. The van der Waals surface area contributed by atoms with Gasteiger partial charge < -0.3 is 14.5 Å². The summed E-state index contributed by atoms with van der Waals surface area (Å²) >= 11 is 0. The zero-order chi connectivity index (χ0) is 13.4. The monoisotopic (exact) mass is 257 g/mol. The SMILES string of the molecule is COCCCN=C(NN)N1CCCN(C)CC1C. The standard InChI is InChI=1S/C12H27N5O/c1-11-10-16(2)7-5-8-17(11)12(15-13)14-6-4-9-18-3/h11H,4-10,13H2,1-3H3,(H,14,15). The van der Waals surface area contributed by atoms with Gasteiger partial charge in [-0.25, -0.2) is 5.84 Å². The van der Waals surface area contributed by atoms with Crippen LogP contribution in [0.2, 0.25) is 0 Å². The number of likely N-dealkylation sites (N-methyl/N-ethyl adjacent to an activating group) is 1. The maximum absolute atomic E-state index is 5.60. The van der Waals surface area contributed by atoms with Crippen LogP contribution in [0.25, 0.3) is 0 Å². The molecule has 6 nitrogen and oxygen atoms in total. The average molecular weight is 257 g/mol. The van der Waals surface area contributed by atoms with E-state index in [1.165, 1.54) is 0 Å². The highest BCUT2D eigenvalue weighted by Crippen LogP contribution is 2.08. The van der Waals surface area contributed by atoms with Gasteiger partial charge in [0.2, 0.25) is 5.96 Å². The number of guanidine groups is 1. The van der Waals surface area contributed by atoms with E-state index in [0.717, 1.165) is 51.6 Å². The van der Waals surface area contributed by atoms with Crippen LogP contribution in [-0.4, -0.2) is 68.7 Å². The van der Waals surface area contributed by atoms with Crippen LogP contribution in [0.15, 0.2) is 4.99 Å². The average Bonchev–Trinajstić information content (AvgIpc) is 2.51. The second kappa shape index (κ2) is 8.29. The molecule has 0 saturated carbocycles. The van der Waals surface area contributed by atoms with Crippen molar-refractivity contribution in [3.63, 3.8) is 0 Å². The first-order chi connectivity index (χ1) is 8.69.